The standard InChI is InChI=1S/C22H26F2NO2/c1-21(2)12-15(13-22(3,4)25(21)26)14-6-8-17(19(23)10-14)18-9-7-16(27-5)11-20(18)24/h6-11,15H,12-13H2,1-5H3. The predicted octanol–water partition coefficient (Wildman–Crippen LogP) is 5.72. The molecule has 1 aliphatic rings. The lowest BCUT2D eigenvalue weighted by molar-refractivity contribution is -0.289. The van der Waals surface area contributed by atoms with Gasteiger partial charge >= 0.3 is 0 Å². The first-order valence-corrected chi connectivity index (χ1v) is 9.16. The van der Waals surface area contributed by atoms with E-state index in [1.54, 1.807) is 12.1 Å². The smallest absolute Gasteiger partial charge is 0.134 e. The maximum atomic E-state index is 14.8. The summed E-state index contributed by atoms with van der Waals surface area (Å²) in [7, 11) is 1.46. The Bertz CT molecular complexity index is 830. The molecule has 2 aromatic carbocycles. The third-order valence-corrected chi connectivity index (χ3v) is 5.52. The fraction of sp³-hybridized carbons (Fsp3) is 0.455. The third-order valence-electron chi connectivity index (χ3n) is 5.52. The summed E-state index contributed by atoms with van der Waals surface area (Å²) in [5.41, 5.74) is 0.223. The number of hydrogen-bond donors (Lipinski definition) is 0. The van der Waals surface area contributed by atoms with Crippen LogP contribution in [-0.2, 0) is 5.21 Å². The maximum absolute atomic E-state index is 14.8. The summed E-state index contributed by atoms with van der Waals surface area (Å²) in [6, 6.07) is 9.33. The highest BCUT2D eigenvalue weighted by Crippen LogP contribution is 2.45. The first kappa shape index (κ1) is 19.8. The largest absolute Gasteiger partial charge is 0.497 e. The molecule has 1 saturated heterocycles. The van der Waals surface area contributed by atoms with Crippen LogP contribution in [0.25, 0.3) is 11.1 Å². The van der Waals surface area contributed by atoms with Gasteiger partial charge in [0.15, 0.2) is 0 Å². The zero-order valence-corrected chi connectivity index (χ0v) is 16.5. The Morgan fingerprint density at radius 2 is 1.44 bits per heavy atom. The molecular formula is C22H26F2NO2. The quantitative estimate of drug-likeness (QED) is 0.688. The van der Waals surface area contributed by atoms with Gasteiger partial charge in [0.25, 0.3) is 0 Å². The highest BCUT2D eigenvalue weighted by Gasteiger charge is 2.46. The maximum Gasteiger partial charge on any atom is 0.134 e. The highest BCUT2D eigenvalue weighted by molar-refractivity contribution is 5.66. The summed E-state index contributed by atoms with van der Waals surface area (Å²) in [5, 5.41) is 13.7. The van der Waals surface area contributed by atoms with E-state index in [-0.39, 0.29) is 17.0 Å². The Balaban J connectivity index is 1.94. The van der Waals surface area contributed by atoms with Crippen LogP contribution in [-0.4, -0.2) is 23.3 Å². The van der Waals surface area contributed by atoms with Crippen molar-refractivity contribution in [1.82, 2.24) is 5.06 Å². The van der Waals surface area contributed by atoms with Gasteiger partial charge < -0.3 is 4.74 Å². The van der Waals surface area contributed by atoms with Crippen molar-refractivity contribution in [2.45, 2.75) is 57.5 Å². The first-order chi connectivity index (χ1) is 12.5. The number of methoxy groups -OCH3 is 1. The van der Waals surface area contributed by atoms with E-state index in [4.69, 9.17) is 4.74 Å². The van der Waals surface area contributed by atoms with Crippen molar-refractivity contribution in [2.24, 2.45) is 0 Å². The normalized spacial score (nSPS) is 19.9. The second kappa shape index (κ2) is 6.88. The minimum absolute atomic E-state index is 0.0736. The SMILES string of the molecule is COc1ccc(-c2ccc(C3CC(C)(C)N([O])C(C)(C)C3)cc2F)c(F)c1. The number of hydrogen-bond acceptors (Lipinski definition) is 2. The van der Waals surface area contributed by atoms with Crippen molar-refractivity contribution in [3.05, 3.63) is 53.6 Å². The second-order valence-corrected chi connectivity index (χ2v) is 8.61. The van der Waals surface area contributed by atoms with Gasteiger partial charge in [-0.3, -0.25) is 0 Å². The molecule has 0 aliphatic carbocycles. The molecule has 0 N–H and O–H groups in total. The molecule has 27 heavy (non-hydrogen) atoms. The van der Waals surface area contributed by atoms with Gasteiger partial charge in [-0.05, 0) is 70.2 Å². The molecule has 2 aromatic rings. The number of nitrogens with zero attached hydrogens (tertiary/aromatic N) is 1. The van der Waals surface area contributed by atoms with Crippen LogP contribution in [0.15, 0.2) is 36.4 Å². The molecule has 0 unspecified atom stereocenters. The Kier molecular flexibility index (Phi) is 5.04. The van der Waals surface area contributed by atoms with Crippen molar-refractivity contribution >= 4 is 0 Å². The molecule has 0 saturated carbocycles. The zero-order chi connectivity index (χ0) is 20.0. The molecule has 0 amide bonds. The van der Waals surface area contributed by atoms with Gasteiger partial charge in [0.2, 0.25) is 0 Å². The molecule has 0 aromatic heterocycles. The summed E-state index contributed by atoms with van der Waals surface area (Å²) in [4.78, 5) is 0. The van der Waals surface area contributed by atoms with Crippen molar-refractivity contribution in [1.29, 1.82) is 0 Å². The Morgan fingerprint density at radius 3 is 1.93 bits per heavy atom. The molecule has 3 rings (SSSR count). The summed E-state index contributed by atoms with van der Waals surface area (Å²) in [6.07, 6.45) is 1.30. The number of rotatable bonds is 3. The van der Waals surface area contributed by atoms with E-state index in [1.165, 1.54) is 25.3 Å². The Morgan fingerprint density at radius 1 is 0.926 bits per heavy atom. The van der Waals surface area contributed by atoms with Crippen molar-refractivity contribution in [2.75, 3.05) is 7.11 Å². The topological polar surface area (TPSA) is 32.4 Å². The van der Waals surface area contributed by atoms with Crippen LogP contribution in [0, 0.1) is 11.6 Å². The minimum Gasteiger partial charge on any atom is -0.497 e. The van der Waals surface area contributed by atoms with Crippen LogP contribution in [0.5, 0.6) is 5.75 Å². The average molecular weight is 374 g/mol. The van der Waals surface area contributed by atoms with Crippen molar-refractivity contribution in [3.8, 4) is 16.9 Å². The van der Waals surface area contributed by atoms with Crippen LogP contribution >= 0.6 is 0 Å². The van der Waals surface area contributed by atoms with E-state index in [0.717, 1.165) is 10.6 Å². The van der Waals surface area contributed by atoms with Gasteiger partial charge in [-0.15, -0.1) is 10.3 Å². The lowest BCUT2D eigenvalue weighted by atomic mass is 9.72. The summed E-state index contributed by atoms with van der Waals surface area (Å²) in [5.74, 6) is -0.522. The number of piperidine rings is 1. The molecule has 3 nitrogen and oxygen atoms in total. The van der Waals surface area contributed by atoms with Crippen LogP contribution < -0.4 is 4.74 Å². The predicted molar refractivity (Wildman–Crippen MR) is 101 cm³/mol. The van der Waals surface area contributed by atoms with Crippen LogP contribution in [0.3, 0.4) is 0 Å². The number of hydroxylamine groups is 2. The molecule has 1 fully saturated rings. The summed E-state index contributed by atoms with van der Waals surface area (Å²) in [6.45, 7) is 7.69. The van der Waals surface area contributed by atoms with Crippen LogP contribution in [0.1, 0.15) is 52.0 Å². The molecule has 145 valence electrons. The van der Waals surface area contributed by atoms with E-state index in [9.17, 15) is 14.0 Å². The molecule has 0 spiro atoms. The van der Waals surface area contributed by atoms with E-state index in [0.29, 0.717) is 18.6 Å². The van der Waals surface area contributed by atoms with E-state index in [1.807, 2.05) is 33.8 Å². The Labute approximate surface area is 159 Å². The number of benzene rings is 2. The molecule has 5 heteroatoms. The lowest BCUT2D eigenvalue weighted by Gasteiger charge is -2.50. The van der Waals surface area contributed by atoms with E-state index in [2.05, 4.69) is 0 Å². The molecular weight excluding hydrogens is 348 g/mol. The molecule has 1 radical (unpaired) electrons. The van der Waals surface area contributed by atoms with Gasteiger partial charge in [-0.2, -0.15) is 0 Å². The van der Waals surface area contributed by atoms with Crippen molar-refractivity contribution < 1.29 is 18.7 Å². The monoisotopic (exact) mass is 374 g/mol. The molecule has 0 bridgehead atoms. The fourth-order valence-electron chi connectivity index (χ4n) is 4.34. The van der Waals surface area contributed by atoms with Crippen molar-refractivity contribution in [3.63, 3.8) is 0 Å². The lowest BCUT2D eigenvalue weighted by Crippen LogP contribution is -2.57. The fourth-order valence-corrected chi connectivity index (χ4v) is 4.34. The second-order valence-electron chi connectivity index (χ2n) is 8.61. The van der Waals surface area contributed by atoms with Gasteiger partial charge in [0, 0.05) is 28.3 Å². The van der Waals surface area contributed by atoms with Crippen LogP contribution in [0.2, 0.25) is 0 Å². The number of halogens is 2. The summed E-state index contributed by atoms with van der Waals surface area (Å²) < 4.78 is 34.2. The third kappa shape index (κ3) is 3.71. The minimum atomic E-state index is -0.525. The average Bonchev–Trinajstić information content (AvgIpc) is 2.59. The van der Waals surface area contributed by atoms with Gasteiger partial charge in [0.05, 0.1) is 7.11 Å². The van der Waals surface area contributed by atoms with Crippen LogP contribution in [0.4, 0.5) is 8.78 Å². The molecule has 0 atom stereocenters. The van der Waals surface area contributed by atoms with Gasteiger partial charge in [-0.25, -0.2) is 8.78 Å². The molecule has 1 aliphatic heterocycles. The summed E-state index contributed by atoms with van der Waals surface area (Å²) >= 11 is 0. The molecule has 1 heterocycles. The zero-order valence-electron chi connectivity index (χ0n) is 16.5. The van der Waals surface area contributed by atoms with Gasteiger partial charge in [-0.1, -0.05) is 12.1 Å². The first-order valence-electron chi connectivity index (χ1n) is 9.16. The van der Waals surface area contributed by atoms with E-state index < -0.39 is 22.7 Å². The number of ether oxygens (including phenoxy) is 1. The Hall–Kier alpha value is -1.98. The van der Waals surface area contributed by atoms with E-state index >= 15 is 0 Å². The highest BCUT2D eigenvalue weighted by atomic mass is 19.1. The van der Waals surface area contributed by atoms with Gasteiger partial charge in [0.1, 0.15) is 17.4 Å².